The van der Waals surface area contributed by atoms with Gasteiger partial charge in [0.25, 0.3) is 0 Å². The zero-order valence-electron chi connectivity index (χ0n) is 71.1. The predicted octanol–water partition coefficient (Wildman–Crippen LogP) is 25.4. The Morgan fingerprint density at radius 1 is 0.258 bits per heavy atom. The number of pyridine rings is 4. The van der Waals surface area contributed by atoms with Crippen molar-refractivity contribution < 1.29 is 51.4 Å². The summed E-state index contributed by atoms with van der Waals surface area (Å²) in [4.78, 5) is 18.3. The van der Waals surface area contributed by atoms with E-state index in [0.717, 1.165) is 153 Å². The summed E-state index contributed by atoms with van der Waals surface area (Å²) in [5.41, 5.74) is 22.8. The zero-order chi connectivity index (χ0) is 84.8. The lowest BCUT2D eigenvalue weighted by molar-refractivity contribution is -0.0498. The predicted molar refractivity (Wildman–Crippen MR) is 477 cm³/mol. The maximum atomic E-state index is 12.4. The van der Waals surface area contributed by atoms with E-state index >= 15 is 0 Å². The number of fused-ring (bicyclic) bond motifs is 4. The molecule has 0 unspecified atom stereocenters. The first-order chi connectivity index (χ1) is 57.8. The van der Waals surface area contributed by atoms with Crippen molar-refractivity contribution >= 4 is 22.6 Å². The van der Waals surface area contributed by atoms with Gasteiger partial charge in [0.1, 0.15) is 74.3 Å². The molecule has 0 amide bonds. The summed E-state index contributed by atoms with van der Waals surface area (Å²) in [6, 6.07) is 75.9. The second-order valence-electron chi connectivity index (χ2n) is 31.1. The van der Waals surface area contributed by atoms with Gasteiger partial charge < -0.3 is 42.6 Å². The molecule has 0 aliphatic heterocycles. The number of benzene rings is 8. The van der Waals surface area contributed by atoms with Crippen LogP contribution in [0.5, 0.6) is 51.7 Å². The van der Waals surface area contributed by atoms with E-state index in [-0.39, 0.29) is 48.5 Å². The highest BCUT2D eigenvalue weighted by Crippen LogP contribution is 2.38. The Balaban J connectivity index is 0.000000138. The highest BCUT2D eigenvalue weighted by atomic mass is 19.3. The minimum Gasteiger partial charge on any atom is -0.496 e. The Labute approximate surface area is 701 Å². The fraction of sp³-hybridized carbons (Fsp3) is 0.248. The van der Waals surface area contributed by atoms with Crippen molar-refractivity contribution in [2.75, 3.05) is 7.11 Å². The van der Waals surface area contributed by atoms with Gasteiger partial charge in [-0.15, -0.1) is 0 Å². The van der Waals surface area contributed by atoms with Crippen LogP contribution in [0, 0.1) is 13.8 Å². The Hall–Kier alpha value is -13.4. The fourth-order valence-electron chi connectivity index (χ4n) is 14.0. The molecular formula is C101H104F2N8O9. The fourth-order valence-corrected chi connectivity index (χ4v) is 14.0. The number of hydrogen-bond acceptors (Lipinski definition) is 13. The zero-order valence-corrected chi connectivity index (χ0v) is 71.1. The molecule has 8 aromatic heterocycles. The smallest absolute Gasteiger partial charge is 0.387 e. The van der Waals surface area contributed by atoms with Crippen LogP contribution in [0.1, 0.15) is 108 Å². The number of hydrogen-bond donors (Lipinski definition) is 0. The average molecular weight is 1610 g/mol. The molecule has 0 aliphatic rings. The van der Waals surface area contributed by atoms with Gasteiger partial charge in [-0.3, -0.25) is 17.6 Å². The molecule has 0 atom stereocenters. The highest BCUT2D eigenvalue weighted by Gasteiger charge is 2.19. The van der Waals surface area contributed by atoms with Crippen LogP contribution in [0.25, 0.3) is 112 Å². The maximum absolute atomic E-state index is 12.4. The van der Waals surface area contributed by atoms with Crippen LogP contribution in [0.3, 0.4) is 0 Å². The van der Waals surface area contributed by atoms with Crippen LogP contribution < -0.4 is 42.6 Å². The van der Waals surface area contributed by atoms with Crippen LogP contribution in [-0.2, 0) is 0 Å². The van der Waals surface area contributed by atoms with Crippen molar-refractivity contribution in [3.63, 3.8) is 0 Å². The van der Waals surface area contributed by atoms with Crippen LogP contribution in [-0.4, -0.2) is 94.0 Å². The number of rotatable bonds is 25. The summed E-state index contributed by atoms with van der Waals surface area (Å²) >= 11 is 0. The summed E-state index contributed by atoms with van der Waals surface area (Å²) in [6.07, 6.45) is 14.8. The molecular weight excluding hydrogens is 1510 g/mol. The molecule has 0 fully saturated rings. The number of methoxy groups -OCH3 is 1. The number of aromatic nitrogens is 8. The summed E-state index contributed by atoms with van der Waals surface area (Å²) in [5.74, 6) is 6.99. The first-order valence-electron chi connectivity index (χ1n) is 40.7. The Bertz CT molecular complexity index is 5980. The molecule has 17 nitrogen and oxygen atoms in total. The number of imidazole rings is 4. The van der Waals surface area contributed by atoms with Crippen molar-refractivity contribution in [1.29, 1.82) is 0 Å². The molecule has 16 aromatic rings. The lowest BCUT2D eigenvalue weighted by Crippen LogP contribution is -2.05. The van der Waals surface area contributed by atoms with Gasteiger partial charge in [0, 0.05) is 69.3 Å². The Kier molecular flexibility index (Phi) is 27.0. The van der Waals surface area contributed by atoms with Crippen molar-refractivity contribution in [2.45, 2.75) is 160 Å². The van der Waals surface area contributed by atoms with Gasteiger partial charge in [0.2, 0.25) is 0 Å². The highest BCUT2D eigenvalue weighted by molar-refractivity contribution is 5.78. The van der Waals surface area contributed by atoms with Crippen molar-refractivity contribution in [3.05, 3.63) is 285 Å². The van der Waals surface area contributed by atoms with Crippen LogP contribution in [0.4, 0.5) is 8.78 Å². The van der Waals surface area contributed by atoms with Crippen LogP contribution >= 0.6 is 0 Å². The number of halogens is 2. The van der Waals surface area contributed by atoms with Crippen molar-refractivity contribution in [3.8, 4) is 141 Å². The van der Waals surface area contributed by atoms with E-state index in [4.69, 9.17) is 37.9 Å². The summed E-state index contributed by atoms with van der Waals surface area (Å²) < 4.78 is 83.6. The quantitative estimate of drug-likeness (QED) is 0.0534. The third-order valence-electron chi connectivity index (χ3n) is 19.2. The van der Waals surface area contributed by atoms with E-state index in [0.29, 0.717) is 0 Å². The summed E-state index contributed by atoms with van der Waals surface area (Å²) in [5, 5.41) is 0. The molecule has 0 saturated heterocycles. The SMILES string of the molecule is CC(C)Oc1ccc(-c2ccc3ncc(-c4ccc(OC(F)F)cc4)n3c2)cc1.COc1cc2ncc(-c3ccc(OC(C)C)cc3)n2cc1-c1ccc(OC(C)C)cc1.Cc1c(-c2ccc(OC(C)C)cc2)ccc2ncc(-c3ccc(OC(C)C)cc3)n12.Cc1cc2ncc(-c3ccc(OC(C)C)cc3)n2cc1-c1ccc(OC(C)C)cc1. The maximum Gasteiger partial charge on any atom is 0.387 e. The standard InChI is InChI=1S/C26H28N2O3.2C26H28N2O2.C23H20F2N2O2/c1-17(2)30-21-10-6-19(7-11-21)23-16-28-24(15-27-26(28)14-25(23)29-5)20-8-12-22(13-9-20)31-18(3)4;1-17(2)29-22-10-6-20(7-11-22)24-16-28-25(15-27-26(28)14-19(24)5)21-8-12-23(13-9-21)30-18(3)4;1-17(2)29-22-10-6-20(7-11-22)24-14-15-26-27-16-25(28(26)19(24)5)21-8-12-23(13-9-21)30-18(3)4;1-15(2)28-19-8-3-16(4-9-19)18-7-12-22-26-13-21(27(22)14-18)17-5-10-20(11-6-17)29-23(24)25/h6-18H,1-5H3;2*6-18H,1-5H3;3-15,23H,1-2H3. The van der Waals surface area contributed by atoms with Gasteiger partial charge in [-0.2, -0.15) is 8.78 Å². The van der Waals surface area contributed by atoms with Gasteiger partial charge >= 0.3 is 6.61 Å². The van der Waals surface area contributed by atoms with E-state index in [1.54, 1.807) is 25.4 Å². The normalized spacial score (nSPS) is 11.4. The van der Waals surface area contributed by atoms with Gasteiger partial charge in [-0.1, -0.05) is 48.5 Å². The molecule has 19 heteroatoms. The lowest BCUT2D eigenvalue weighted by atomic mass is 10.0. The monoisotopic (exact) mass is 1610 g/mol. The Morgan fingerprint density at radius 2 is 0.533 bits per heavy atom. The number of alkyl halides is 2. The molecule has 0 bridgehead atoms. The topological polar surface area (TPSA) is 152 Å². The average Bonchev–Trinajstić information content (AvgIpc) is 1.62. The first kappa shape index (κ1) is 84.5. The van der Waals surface area contributed by atoms with Crippen LogP contribution in [0.2, 0.25) is 0 Å². The van der Waals surface area contributed by atoms with E-state index in [1.165, 1.54) is 28.8 Å². The third-order valence-corrected chi connectivity index (χ3v) is 19.2. The summed E-state index contributed by atoms with van der Waals surface area (Å²) in [6.45, 7) is 29.8. The molecule has 16 rings (SSSR count). The van der Waals surface area contributed by atoms with Crippen LogP contribution in [0.15, 0.2) is 274 Å². The molecule has 0 spiro atoms. The van der Waals surface area contributed by atoms with E-state index in [9.17, 15) is 8.78 Å². The Morgan fingerprint density at radius 3 is 0.900 bits per heavy atom. The second kappa shape index (κ2) is 38.3. The third kappa shape index (κ3) is 21.1. The van der Waals surface area contributed by atoms with Crippen molar-refractivity contribution in [2.24, 2.45) is 0 Å². The molecule has 0 aliphatic carbocycles. The molecule has 616 valence electrons. The first-order valence-corrected chi connectivity index (χ1v) is 40.7. The van der Waals surface area contributed by atoms with Gasteiger partial charge in [0.15, 0.2) is 0 Å². The second-order valence-corrected chi connectivity index (χ2v) is 31.1. The van der Waals surface area contributed by atoms with E-state index < -0.39 is 6.61 Å². The molecule has 0 radical (unpaired) electrons. The number of nitrogens with zero attached hydrogens (tertiary/aromatic N) is 8. The molecule has 8 aromatic carbocycles. The number of ether oxygens (including phenoxy) is 9. The molecule has 8 heterocycles. The molecule has 120 heavy (non-hydrogen) atoms. The number of aryl methyl sites for hydroxylation is 2. The summed E-state index contributed by atoms with van der Waals surface area (Å²) in [7, 11) is 1.68. The van der Waals surface area contributed by atoms with Gasteiger partial charge in [-0.25, -0.2) is 19.9 Å². The van der Waals surface area contributed by atoms with E-state index in [1.807, 2.05) is 241 Å². The van der Waals surface area contributed by atoms with Gasteiger partial charge in [-0.05, 0) is 320 Å². The molecule has 0 N–H and O–H groups in total. The van der Waals surface area contributed by atoms with Gasteiger partial charge in [0.05, 0.1) is 97.4 Å². The lowest BCUT2D eigenvalue weighted by Gasteiger charge is -2.14. The van der Waals surface area contributed by atoms with E-state index in [2.05, 4.69) is 155 Å². The molecule has 0 saturated carbocycles. The minimum absolute atomic E-state index is 0.127. The minimum atomic E-state index is -2.84. The largest absolute Gasteiger partial charge is 0.496 e. The van der Waals surface area contributed by atoms with Crippen molar-refractivity contribution in [1.82, 2.24) is 37.5 Å².